The van der Waals surface area contributed by atoms with Gasteiger partial charge in [-0.25, -0.2) is 0 Å². The molecule has 1 aliphatic heterocycles. The molecule has 2 amide bonds. The lowest BCUT2D eigenvalue weighted by atomic mass is 10.1. The fourth-order valence-electron chi connectivity index (χ4n) is 2.43. The van der Waals surface area contributed by atoms with Gasteiger partial charge in [0, 0.05) is 24.2 Å². The number of morpholine rings is 1. The van der Waals surface area contributed by atoms with E-state index in [1.54, 1.807) is 47.6 Å². The summed E-state index contributed by atoms with van der Waals surface area (Å²) in [4.78, 5) is 26.4. The first-order valence-electron chi connectivity index (χ1n) is 7.52. The van der Waals surface area contributed by atoms with Crippen molar-refractivity contribution in [3.63, 3.8) is 0 Å². The Morgan fingerprint density at radius 3 is 2.61 bits per heavy atom. The largest absolute Gasteiger partial charge is 0.467 e. The minimum atomic E-state index is -0.238. The van der Waals surface area contributed by atoms with Crippen LogP contribution in [0.4, 0.5) is 0 Å². The van der Waals surface area contributed by atoms with E-state index in [0.717, 1.165) is 0 Å². The minimum Gasteiger partial charge on any atom is -0.467 e. The monoisotopic (exact) mass is 314 g/mol. The zero-order chi connectivity index (χ0) is 16.1. The average Bonchev–Trinajstić information content (AvgIpc) is 3.13. The highest BCUT2D eigenvalue weighted by Gasteiger charge is 2.19. The molecule has 1 fully saturated rings. The van der Waals surface area contributed by atoms with Gasteiger partial charge in [0.2, 0.25) is 0 Å². The van der Waals surface area contributed by atoms with Gasteiger partial charge in [-0.15, -0.1) is 0 Å². The van der Waals surface area contributed by atoms with E-state index in [1.807, 2.05) is 0 Å². The summed E-state index contributed by atoms with van der Waals surface area (Å²) in [6.45, 7) is 2.57. The van der Waals surface area contributed by atoms with E-state index in [9.17, 15) is 9.59 Å². The molecule has 6 heteroatoms. The number of rotatable bonds is 4. The maximum absolute atomic E-state index is 12.4. The lowest BCUT2D eigenvalue weighted by Gasteiger charge is -2.26. The molecule has 6 nitrogen and oxygen atoms in total. The highest BCUT2D eigenvalue weighted by molar-refractivity contribution is 5.99. The molecule has 120 valence electrons. The van der Waals surface area contributed by atoms with Crippen molar-refractivity contribution < 1.29 is 18.7 Å². The number of hydrogen-bond acceptors (Lipinski definition) is 4. The first-order chi connectivity index (χ1) is 11.2. The Morgan fingerprint density at radius 1 is 1.09 bits per heavy atom. The van der Waals surface area contributed by atoms with E-state index in [4.69, 9.17) is 9.15 Å². The summed E-state index contributed by atoms with van der Waals surface area (Å²) in [6.07, 6.45) is 1.56. The molecular formula is C17H18N2O4. The van der Waals surface area contributed by atoms with Gasteiger partial charge >= 0.3 is 0 Å². The van der Waals surface area contributed by atoms with Gasteiger partial charge in [-0.3, -0.25) is 9.59 Å². The SMILES string of the molecule is O=C(NCc1ccco1)c1cccc(C(=O)N2CCOCC2)c1. The Labute approximate surface area is 134 Å². The quantitative estimate of drug-likeness (QED) is 0.932. The molecule has 0 atom stereocenters. The average molecular weight is 314 g/mol. The Hall–Kier alpha value is -2.60. The smallest absolute Gasteiger partial charge is 0.254 e. The number of amides is 2. The van der Waals surface area contributed by atoms with Crippen LogP contribution in [0.5, 0.6) is 0 Å². The van der Waals surface area contributed by atoms with Gasteiger partial charge in [0.05, 0.1) is 26.0 Å². The van der Waals surface area contributed by atoms with E-state index in [2.05, 4.69) is 5.32 Å². The summed E-state index contributed by atoms with van der Waals surface area (Å²) in [7, 11) is 0. The summed E-state index contributed by atoms with van der Waals surface area (Å²) in [5, 5.41) is 2.77. The predicted molar refractivity (Wildman–Crippen MR) is 83.0 cm³/mol. The number of ether oxygens (including phenoxy) is 1. The summed E-state index contributed by atoms with van der Waals surface area (Å²) in [6, 6.07) is 10.3. The van der Waals surface area contributed by atoms with Crippen molar-refractivity contribution in [3.05, 3.63) is 59.5 Å². The van der Waals surface area contributed by atoms with Crippen LogP contribution in [-0.2, 0) is 11.3 Å². The molecule has 0 spiro atoms. The lowest BCUT2D eigenvalue weighted by molar-refractivity contribution is 0.0303. The van der Waals surface area contributed by atoms with Gasteiger partial charge in [-0.05, 0) is 30.3 Å². The zero-order valence-corrected chi connectivity index (χ0v) is 12.7. The predicted octanol–water partition coefficient (Wildman–Crippen LogP) is 1.68. The molecule has 1 N–H and O–H groups in total. The second-order valence-electron chi connectivity index (χ2n) is 5.25. The summed E-state index contributed by atoms with van der Waals surface area (Å²) in [5.41, 5.74) is 0.966. The number of carbonyl (C=O) groups is 2. The van der Waals surface area contributed by atoms with Gasteiger partial charge in [0.1, 0.15) is 5.76 Å². The van der Waals surface area contributed by atoms with Crippen LogP contribution in [0.2, 0.25) is 0 Å². The standard InChI is InChI=1S/C17H18N2O4/c20-16(18-12-15-5-2-8-23-15)13-3-1-4-14(11-13)17(21)19-6-9-22-10-7-19/h1-5,8,11H,6-7,9-10,12H2,(H,18,20). The molecule has 23 heavy (non-hydrogen) atoms. The normalized spacial score (nSPS) is 14.5. The molecule has 0 saturated carbocycles. The summed E-state index contributed by atoms with van der Waals surface area (Å²) >= 11 is 0. The van der Waals surface area contributed by atoms with E-state index in [0.29, 0.717) is 49.7 Å². The van der Waals surface area contributed by atoms with E-state index in [1.165, 1.54) is 0 Å². The lowest BCUT2D eigenvalue weighted by Crippen LogP contribution is -2.40. The second kappa shape index (κ2) is 7.11. The molecule has 1 aromatic carbocycles. The van der Waals surface area contributed by atoms with Crippen LogP contribution < -0.4 is 5.32 Å². The molecular weight excluding hydrogens is 296 g/mol. The van der Waals surface area contributed by atoms with Crippen LogP contribution in [0.15, 0.2) is 47.1 Å². The number of furan rings is 1. The number of nitrogens with one attached hydrogen (secondary N) is 1. The second-order valence-corrected chi connectivity index (χ2v) is 5.25. The van der Waals surface area contributed by atoms with Crippen LogP contribution in [0, 0.1) is 0 Å². The molecule has 1 saturated heterocycles. The first-order valence-corrected chi connectivity index (χ1v) is 7.52. The van der Waals surface area contributed by atoms with Gasteiger partial charge in [0.25, 0.3) is 11.8 Å². The van der Waals surface area contributed by atoms with Crippen LogP contribution in [0.25, 0.3) is 0 Å². The van der Waals surface area contributed by atoms with Crippen LogP contribution in [-0.4, -0.2) is 43.0 Å². The number of benzene rings is 1. The molecule has 0 aliphatic carbocycles. The molecule has 0 unspecified atom stereocenters. The van der Waals surface area contributed by atoms with Crippen LogP contribution >= 0.6 is 0 Å². The van der Waals surface area contributed by atoms with E-state index in [-0.39, 0.29) is 11.8 Å². The fraction of sp³-hybridized carbons (Fsp3) is 0.294. The minimum absolute atomic E-state index is 0.0750. The maximum atomic E-state index is 12.4. The number of nitrogens with zero attached hydrogens (tertiary/aromatic N) is 1. The van der Waals surface area contributed by atoms with Crippen molar-refractivity contribution in [1.29, 1.82) is 0 Å². The Morgan fingerprint density at radius 2 is 1.87 bits per heavy atom. The van der Waals surface area contributed by atoms with Gasteiger partial charge < -0.3 is 19.4 Å². The van der Waals surface area contributed by atoms with Crippen molar-refractivity contribution in [2.75, 3.05) is 26.3 Å². The Bertz CT molecular complexity index is 676. The van der Waals surface area contributed by atoms with Crippen LogP contribution in [0.1, 0.15) is 26.5 Å². The van der Waals surface area contributed by atoms with Crippen molar-refractivity contribution >= 4 is 11.8 Å². The molecule has 3 rings (SSSR count). The third-order valence-corrected chi connectivity index (χ3v) is 3.67. The van der Waals surface area contributed by atoms with Gasteiger partial charge in [-0.2, -0.15) is 0 Å². The number of carbonyl (C=O) groups excluding carboxylic acids is 2. The van der Waals surface area contributed by atoms with Gasteiger partial charge in [-0.1, -0.05) is 6.07 Å². The third kappa shape index (κ3) is 3.78. The molecule has 2 heterocycles. The van der Waals surface area contributed by atoms with E-state index < -0.39 is 0 Å². The fourth-order valence-corrected chi connectivity index (χ4v) is 2.43. The third-order valence-electron chi connectivity index (χ3n) is 3.67. The molecule has 0 bridgehead atoms. The van der Waals surface area contributed by atoms with Crippen molar-refractivity contribution in [2.45, 2.75) is 6.54 Å². The summed E-state index contributed by atoms with van der Waals surface area (Å²) in [5.74, 6) is 0.367. The molecule has 0 radical (unpaired) electrons. The van der Waals surface area contributed by atoms with Gasteiger partial charge in [0.15, 0.2) is 0 Å². The van der Waals surface area contributed by atoms with E-state index >= 15 is 0 Å². The zero-order valence-electron chi connectivity index (χ0n) is 12.7. The Kier molecular flexibility index (Phi) is 4.73. The number of hydrogen-bond donors (Lipinski definition) is 1. The molecule has 1 aromatic heterocycles. The van der Waals surface area contributed by atoms with Crippen molar-refractivity contribution in [1.82, 2.24) is 10.2 Å². The molecule has 2 aromatic rings. The highest BCUT2D eigenvalue weighted by atomic mass is 16.5. The topological polar surface area (TPSA) is 71.8 Å². The molecule has 1 aliphatic rings. The van der Waals surface area contributed by atoms with Crippen molar-refractivity contribution in [3.8, 4) is 0 Å². The highest BCUT2D eigenvalue weighted by Crippen LogP contribution is 2.11. The maximum Gasteiger partial charge on any atom is 0.254 e. The summed E-state index contributed by atoms with van der Waals surface area (Å²) < 4.78 is 10.4. The Balaban J connectivity index is 1.66. The van der Waals surface area contributed by atoms with Crippen LogP contribution in [0.3, 0.4) is 0 Å². The first kappa shape index (κ1) is 15.3. The van der Waals surface area contributed by atoms with Crippen molar-refractivity contribution in [2.24, 2.45) is 0 Å².